The molecule has 172 valence electrons. The second kappa shape index (κ2) is 13.6. The molecule has 0 aliphatic rings. The maximum absolute atomic E-state index is 12.9. The average Bonchev–Trinajstić information content (AvgIpc) is 2.81. The summed E-state index contributed by atoms with van der Waals surface area (Å²) in [6.45, 7) is 4.55. The molecule has 0 aliphatic heterocycles. The molecular formula is C26H33IO3P2. The third kappa shape index (κ3) is 6.74. The molecule has 6 heteroatoms. The summed E-state index contributed by atoms with van der Waals surface area (Å²) >= 11 is 0. The van der Waals surface area contributed by atoms with Gasteiger partial charge in [-0.05, 0) is 63.1 Å². The Kier molecular flexibility index (Phi) is 11.6. The van der Waals surface area contributed by atoms with Crippen molar-refractivity contribution >= 4 is 30.8 Å². The fraction of sp³-hybridized carbons (Fsp3) is 0.308. The van der Waals surface area contributed by atoms with Crippen LogP contribution >= 0.6 is 14.9 Å². The summed E-state index contributed by atoms with van der Waals surface area (Å²) < 4.78 is 23.9. The zero-order chi connectivity index (χ0) is 22.0. The Bertz CT molecular complexity index is 846. The maximum Gasteiger partial charge on any atom is 0.330 e. The largest absolute Gasteiger partial charge is 1.00 e. The molecule has 3 aromatic rings. The summed E-state index contributed by atoms with van der Waals surface area (Å²) in [5.41, 5.74) is 0. The predicted molar refractivity (Wildman–Crippen MR) is 135 cm³/mol. The van der Waals surface area contributed by atoms with Crippen LogP contribution in [0.15, 0.2) is 91.0 Å². The van der Waals surface area contributed by atoms with E-state index in [1.54, 1.807) is 0 Å². The number of halogens is 1. The van der Waals surface area contributed by atoms with Crippen LogP contribution in [0.25, 0.3) is 0 Å². The van der Waals surface area contributed by atoms with E-state index in [-0.39, 0.29) is 24.0 Å². The van der Waals surface area contributed by atoms with Crippen LogP contribution in [0.1, 0.15) is 26.7 Å². The van der Waals surface area contributed by atoms with Crippen molar-refractivity contribution in [2.45, 2.75) is 26.7 Å². The molecule has 0 atom stereocenters. The lowest BCUT2D eigenvalue weighted by Gasteiger charge is -2.28. The first-order valence-corrected chi connectivity index (χ1v) is 14.8. The third-order valence-electron chi connectivity index (χ3n) is 5.42. The summed E-state index contributed by atoms with van der Waals surface area (Å²) in [7, 11) is -4.84. The highest BCUT2D eigenvalue weighted by Crippen LogP contribution is 2.56. The number of rotatable bonds is 12. The topological polar surface area (TPSA) is 35.5 Å². The van der Waals surface area contributed by atoms with Gasteiger partial charge in [-0.15, -0.1) is 0 Å². The minimum atomic E-state index is -3.00. The van der Waals surface area contributed by atoms with Crippen LogP contribution in [0.5, 0.6) is 0 Å². The Hall–Kier alpha value is -1.03. The van der Waals surface area contributed by atoms with Crippen LogP contribution in [0, 0.1) is 0 Å². The van der Waals surface area contributed by atoms with Crippen LogP contribution in [0.3, 0.4) is 0 Å². The van der Waals surface area contributed by atoms with Crippen molar-refractivity contribution in [3.05, 3.63) is 91.0 Å². The summed E-state index contributed by atoms with van der Waals surface area (Å²) in [5, 5.41) is 4.14. The quantitative estimate of drug-likeness (QED) is 0.187. The molecule has 0 saturated carbocycles. The van der Waals surface area contributed by atoms with Gasteiger partial charge < -0.3 is 33.0 Å². The maximum atomic E-state index is 12.9. The fourth-order valence-electron chi connectivity index (χ4n) is 4.10. The molecule has 0 heterocycles. The third-order valence-corrected chi connectivity index (χ3v) is 12.1. The highest BCUT2D eigenvalue weighted by molar-refractivity contribution is 7.95. The number of hydrogen-bond donors (Lipinski definition) is 0. The summed E-state index contributed by atoms with van der Waals surface area (Å²) in [5.74, 6) is 0. The van der Waals surface area contributed by atoms with Gasteiger partial charge in [-0.2, -0.15) is 0 Å². The van der Waals surface area contributed by atoms with E-state index < -0.39 is 14.9 Å². The molecule has 0 aromatic heterocycles. The number of hydrogen-bond acceptors (Lipinski definition) is 3. The molecule has 32 heavy (non-hydrogen) atoms. The molecule has 0 amide bonds. The predicted octanol–water partition coefficient (Wildman–Crippen LogP) is 3.03. The highest BCUT2D eigenvalue weighted by atomic mass is 127. The molecule has 3 aromatic carbocycles. The summed E-state index contributed by atoms with van der Waals surface area (Å²) in [4.78, 5) is 0. The smallest absolute Gasteiger partial charge is 0.330 e. The first-order chi connectivity index (χ1) is 15.1. The van der Waals surface area contributed by atoms with Crippen LogP contribution in [-0.2, 0) is 13.6 Å². The van der Waals surface area contributed by atoms with Crippen molar-refractivity contribution in [3.63, 3.8) is 0 Å². The lowest BCUT2D eigenvalue weighted by Crippen LogP contribution is -3.00. The van der Waals surface area contributed by atoms with E-state index >= 15 is 0 Å². The van der Waals surface area contributed by atoms with Gasteiger partial charge in [0.05, 0.1) is 25.5 Å². The fourth-order valence-corrected chi connectivity index (χ4v) is 10.2. The van der Waals surface area contributed by atoms with Crippen molar-refractivity contribution in [2.75, 3.05) is 25.5 Å². The lowest BCUT2D eigenvalue weighted by atomic mass is 10.3. The second-order valence-corrected chi connectivity index (χ2v) is 13.2. The average molecular weight is 582 g/mol. The number of benzene rings is 3. The van der Waals surface area contributed by atoms with Crippen LogP contribution in [0.4, 0.5) is 0 Å². The Balaban J connectivity index is 0.00000363. The van der Waals surface area contributed by atoms with Gasteiger partial charge in [0.15, 0.2) is 0 Å². The molecule has 0 unspecified atom stereocenters. The van der Waals surface area contributed by atoms with E-state index in [0.717, 1.165) is 19.0 Å². The van der Waals surface area contributed by atoms with E-state index in [9.17, 15) is 4.57 Å². The number of unbranched alkanes of at least 4 members (excludes halogenated alkanes) is 1. The van der Waals surface area contributed by atoms with Gasteiger partial charge in [0.1, 0.15) is 23.2 Å². The van der Waals surface area contributed by atoms with E-state index in [0.29, 0.717) is 19.4 Å². The summed E-state index contributed by atoms with van der Waals surface area (Å²) in [6, 6.07) is 32.6. The minimum Gasteiger partial charge on any atom is -1.00 e. The minimum absolute atomic E-state index is 0. The molecule has 0 fully saturated rings. The molecule has 3 rings (SSSR count). The van der Waals surface area contributed by atoms with Gasteiger partial charge in [-0.25, -0.2) is 0 Å². The first kappa shape index (κ1) is 27.2. The van der Waals surface area contributed by atoms with Crippen molar-refractivity contribution in [1.29, 1.82) is 0 Å². The van der Waals surface area contributed by atoms with Crippen LogP contribution < -0.4 is 39.9 Å². The summed E-state index contributed by atoms with van der Waals surface area (Å²) in [6.07, 6.45) is 3.25. The van der Waals surface area contributed by atoms with Gasteiger partial charge in [-0.3, -0.25) is 4.57 Å². The highest BCUT2D eigenvalue weighted by Gasteiger charge is 2.44. The van der Waals surface area contributed by atoms with Crippen LogP contribution in [-0.4, -0.2) is 25.5 Å². The van der Waals surface area contributed by atoms with Gasteiger partial charge in [0, 0.05) is 0 Å². The Morgan fingerprint density at radius 1 is 0.656 bits per heavy atom. The molecular weight excluding hydrogens is 549 g/mol. The van der Waals surface area contributed by atoms with E-state index in [2.05, 4.69) is 91.0 Å². The molecule has 0 aliphatic carbocycles. The monoisotopic (exact) mass is 582 g/mol. The Morgan fingerprint density at radius 2 is 1.03 bits per heavy atom. The zero-order valence-electron chi connectivity index (χ0n) is 18.9. The molecule has 0 saturated heterocycles. The van der Waals surface area contributed by atoms with Crippen molar-refractivity contribution in [3.8, 4) is 0 Å². The Labute approximate surface area is 210 Å². The molecule has 0 radical (unpaired) electrons. The Morgan fingerprint density at radius 3 is 1.38 bits per heavy atom. The zero-order valence-corrected chi connectivity index (χ0v) is 22.8. The molecule has 0 N–H and O–H groups in total. The van der Waals surface area contributed by atoms with Gasteiger partial charge in [-0.1, -0.05) is 54.6 Å². The lowest BCUT2D eigenvalue weighted by molar-refractivity contribution is -0.0000111. The van der Waals surface area contributed by atoms with Crippen molar-refractivity contribution in [2.24, 2.45) is 0 Å². The van der Waals surface area contributed by atoms with E-state index in [1.165, 1.54) is 15.9 Å². The molecule has 0 spiro atoms. The second-order valence-electron chi connectivity index (χ2n) is 7.42. The van der Waals surface area contributed by atoms with Crippen molar-refractivity contribution in [1.82, 2.24) is 0 Å². The van der Waals surface area contributed by atoms with Crippen molar-refractivity contribution < 1.29 is 37.6 Å². The van der Waals surface area contributed by atoms with Crippen LogP contribution in [0.2, 0.25) is 0 Å². The standard InChI is InChI=1S/C26H33O3P2.HI/c1-3-28-31(27,29-4-2)23-15-14-22-30(24-16-8-5-9-17-24,25-18-10-6-11-19-25)26-20-12-7-13-21-26;/h5-13,16-21H,3-4,14-15,22-23H2,1-2H3;1H/q+1;/p-1. The van der Waals surface area contributed by atoms with E-state index in [1.807, 2.05) is 13.8 Å². The SMILES string of the molecule is CCOP(=O)(CCCC[P+](c1ccccc1)(c1ccccc1)c1ccccc1)OCC.[I-]. The normalized spacial score (nSPS) is 11.7. The molecule has 3 nitrogen and oxygen atoms in total. The van der Waals surface area contributed by atoms with Gasteiger partial charge >= 0.3 is 7.60 Å². The molecule has 0 bridgehead atoms. The van der Waals surface area contributed by atoms with E-state index in [4.69, 9.17) is 9.05 Å². The first-order valence-electron chi connectivity index (χ1n) is 11.1. The van der Waals surface area contributed by atoms with Gasteiger partial charge in [0.2, 0.25) is 0 Å². The van der Waals surface area contributed by atoms with Gasteiger partial charge in [0.25, 0.3) is 0 Å².